The van der Waals surface area contributed by atoms with Crippen molar-refractivity contribution in [2.45, 2.75) is 6.61 Å². The van der Waals surface area contributed by atoms with E-state index in [1.807, 2.05) is 0 Å². The van der Waals surface area contributed by atoms with Crippen molar-refractivity contribution in [3.63, 3.8) is 0 Å². The standard InChI is InChI=1S/C15H12BrFO4/c1-20-14-5-2-9(15(18)19)6-10(14)8-21-11-3-4-12(16)13(17)7-11/h2-7H,8H2,1H3,(H,18,19). The van der Waals surface area contributed by atoms with Crippen LogP contribution in [0.2, 0.25) is 0 Å². The minimum atomic E-state index is -1.03. The maximum Gasteiger partial charge on any atom is 0.335 e. The van der Waals surface area contributed by atoms with Crippen LogP contribution in [-0.2, 0) is 6.61 Å². The largest absolute Gasteiger partial charge is 0.496 e. The number of ether oxygens (including phenoxy) is 2. The van der Waals surface area contributed by atoms with Crippen LogP contribution in [0.1, 0.15) is 15.9 Å². The number of benzene rings is 2. The zero-order valence-corrected chi connectivity index (χ0v) is 12.7. The summed E-state index contributed by atoms with van der Waals surface area (Å²) < 4.78 is 24.4. The molecule has 0 aliphatic carbocycles. The van der Waals surface area contributed by atoms with E-state index in [9.17, 15) is 9.18 Å². The highest BCUT2D eigenvalue weighted by Gasteiger charge is 2.10. The number of carboxylic acids is 1. The minimum absolute atomic E-state index is 0.0748. The Morgan fingerprint density at radius 3 is 2.67 bits per heavy atom. The second kappa shape index (κ2) is 6.58. The third-order valence-corrected chi connectivity index (χ3v) is 3.46. The van der Waals surface area contributed by atoms with Crippen molar-refractivity contribution in [3.8, 4) is 11.5 Å². The molecule has 0 radical (unpaired) electrons. The van der Waals surface area contributed by atoms with Crippen molar-refractivity contribution < 1.29 is 23.8 Å². The molecule has 0 saturated heterocycles. The number of hydrogen-bond donors (Lipinski definition) is 1. The summed E-state index contributed by atoms with van der Waals surface area (Å²) in [6, 6.07) is 8.87. The molecule has 21 heavy (non-hydrogen) atoms. The number of aromatic carboxylic acids is 1. The first-order valence-corrected chi connectivity index (χ1v) is 6.78. The van der Waals surface area contributed by atoms with Crippen molar-refractivity contribution in [2.75, 3.05) is 7.11 Å². The van der Waals surface area contributed by atoms with E-state index in [1.165, 1.54) is 31.4 Å². The summed E-state index contributed by atoms with van der Waals surface area (Å²) in [6.45, 7) is 0.0748. The van der Waals surface area contributed by atoms with Gasteiger partial charge in [-0.25, -0.2) is 9.18 Å². The van der Waals surface area contributed by atoms with E-state index in [-0.39, 0.29) is 12.2 Å². The van der Waals surface area contributed by atoms with Gasteiger partial charge < -0.3 is 14.6 Å². The van der Waals surface area contributed by atoms with Crippen LogP contribution in [0.25, 0.3) is 0 Å². The molecule has 110 valence electrons. The number of carbonyl (C=O) groups is 1. The molecule has 4 nitrogen and oxygen atoms in total. The summed E-state index contributed by atoms with van der Waals surface area (Å²) in [5.74, 6) is -0.608. The Bertz CT molecular complexity index is 673. The lowest BCUT2D eigenvalue weighted by Gasteiger charge is -2.11. The third kappa shape index (κ3) is 3.72. The molecule has 0 aromatic heterocycles. The van der Waals surface area contributed by atoms with Gasteiger partial charge in [-0.1, -0.05) is 0 Å². The lowest BCUT2D eigenvalue weighted by Crippen LogP contribution is -2.03. The predicted octanol–water partition coefficient (Wildman–Crippen LogP) is 3.87. The van der Waals surface area contributed by atoms with Crippen molar-refractivity contribution >= 4 is 21.9 Å². The van der Waals surface area contributed by atoms with Crippen LogP contribution >= 0.6 is 15.9 Å². The molecule has 2 rings (SSSR count). The van der Waals surface area contributed by atoms with Gasteiger partial charge in [0.15, 0.2) is 0 Å². The highest BCUT2D eigenvalue weighted by molar-refractivity contribution is 9.10. The molecule has 0 atom stereocenters. The molecular weight excluding hydrogens is 343 g/mol. The normalized spacial score (nSPS) is 10.2. The Morgan fingerprint density at radius 1 is 1.29 bits per heavy atom. The van der Waals surface area contributed by atoms with E-state index < -0.39 is 11.8 Å². The smallest absolute Gasteiger partial charge is 0.335 e. The van der Waals surface area contributed by atoms with Crippen LogP contribution in [0.3, 0.4) is 0 Å². The fourth-order valence-electron chi connectivity index (χ4n) is 1.75. The molecule has 0 amide bonds. The second-order valence-electron chi connectivity index (χ2n) is 4.20. The van der Waals surface area contributed by atoms with E-state index in [2.05, 4.69) is 15.9 Å². The fourth-order valence-corrected chi connectivity index (χ4v) is 2.00. The summed E-state index contributed by atoms with van der Waals surface area (Å²) in [7, 11) is 1.48. The Balaban J connectivity index is 2.19. The van der Waals surface area contributed by atoms with E-state index in [4.69, 9.17) is 14.6 Å². The van der Waals surface area contributed by atoms with Gasteiger partial charge in [-0.05, 0) is 46.3 Å². The Kier molecular flexibility index (Phi) is 4.80. The Labute approximate surface area is 129 Å². The van der Waals surface area contributed by atoms with Crippen LogP contribution in [0, 0.1) is 5.82 Å². The molecule has 6 heteroatoms. The van der Waals surface area contributed by atoms with Crippen LogP contribution in [0.5, 0.6) is 11.5 Å². The number of methoxy groups -OCH3 is 1. The van der Waals surface area contributed by atoms with E-state index >= 15 is 0 Å². The molecule has 0 aliphatic heterocycles. The van der Waals surface area contributed by atoms with Crippen molar-refractivity contribution in [1.82, 2.24) is 0 Å². The number of hydrogen-bond acceptors (Lipinski definition) is 3. The quantitative estimate of drug-likeness (QED) is 0.885. The molecular formula is C15H12BrFO4. The Morgan fingerprint density at radius 2 is 2.05 bits per heavy atom. The molecule has 0 bridgehead atoms. The average molecular weight is 355 g/mol. The molecule has 0 heterocycles. The summed E-state index contributed by atoms with van der Waals surface area (Å²) in [5.41, 5.74) is 0.706. The summed E-state index contributed by atoms with van der Waals surface area (Å²) in [6.07, 6.45) is 0. The second-order valence-corrected chi connectivity index (χ2v) is 5.05. The van der Waals surface area contributed by atoms with Gasteiger partial charge in [-0.15, -0.1) is 0 Å². The Hall–Kier alpha value is -2.08. The maximum absolute atomic E-state index is 13.4. The number of rotatable bonds is 5. The first-order valence-electron chi connectivity index (χ1n) is 5.99. The predicted molar refractivity (Wildman–Crippen MR) is 78.4 cm³/mol. The zero-order chi connectivity index (χ0) is 15.4. The molecule has 0 unspecified atom stereocenters. The van der Waals surface area contributed by atoms with Gasteiger partial charge in [0.25, 0.3) is 0 Å². The average Bonchev–Trinajstić information content (AvgIpc) is 2.48. The van der Waals surface area contributed by atoms with Gasteiger partial charge in [-0.3, -0.25) is 0 Å². The summed E-state index contributed by atoms with van der Waals surface area (Å²) in [5, 5.41) is 8.99. The fraction of sp³-hybridized carbons (Fsp3) is 0.133. The van der Waals surface area contributed by atoms with Gasteiger partial charge >= 0.3 is 5.97 Å². The molecule has 0 aliphatic rings. The monoisotopic (exact) mass is 354 g/mol. The van der Waals surface area contributed by atoms with Gasteiger partial charge in [0.1, 0.15) is 23.9 Å². The first-order chi connectivity index (χ1) is 10.0. The van der Waals surface area contributed by atoms with Crippen LogP contribution in [-0.4, -0.2) is 18.2 Å². The van der Waals surface area contributed by atoms with E-state index in [1.54, 1.807) is 12.1 Å². The molecule has 1 N–H and O–H groups in total. The van der Waals surface area contributed by atoms with E-state index in [0.29, 0.717) is 21.5 Å². The van der Waals surface area contributed by atoms with Crippen LogP contribution in [0.15, 0.2) is 40.9 Å². The first kappa shape index (κ1) is 15.3. The lowest BCUT2D eigenvalue weighted by atomic mass is 10.1. The summed E-state index contributed by atoms with van der Waals surface area (Å²) >= 11 is 3.06. The minimum Gasteiger partial charge on any atom is -0.496 e. The van der Waals surface area contributed by atoms with Gasteiger partial charge in [0.2, 0.25) is 0 Å². The molecule has 0 saturated carbocycles. The van der Waals surface area contributed by atoms with Crippen molar-refractivity contribution in [1.29, 1.82) is 0 Å². The molecule has 2 aromatic rings. The topological polar surface area (TPSA) is 55.8 Å². The lowest BCUT2D eigenvalue weighted by molar-refractivity contribution is 0.0696. The molecule has 2 aromatic carbocycles. The van der Waals surface area contributed by atoms with Gasteiger partial charge in [0, 0.05) is 11.6 Å². The number of carboxylic acid groups (broad SMARTS) is 1. The van der Waals surface area contributed by atoms with Gasteiger partial charge in [0.05, 0.1) is 17.1 Å². The molecule has 0 spiro atoms. The van der Waals surface area contributed by atoms with Crippen LogP contribution < -0.4 is 9.47 Å². The SMILES string of the molecule is COc1ccc(C(=O)O)cc1COc1ccc(Br)c(F)c1. The van der Waals surface area contributed by atoms with Crippen molar-refractivity contribution in [2.24, 2.45) is 0 Å². The highest BCUT2D eigenvalue weighted by atomic mass is 79.9. The number of halogens is 2. The summed E-state index contributed by atoms with van der Waals surface area (Å²) in [4.78, 5) is 11.0. The highest BCUT2D eigenvalue weighted by Crippen LogP contribution is 2.24. The van der Waals surface area contributed by atoms with Crippen LogP contribution in [0.4, 0.5) is 4.39 Å². The van der Waals surface area contributed by atoms with Crippen molar-refractivity contribution in [3.05, 3.63) is 57.8 Å². The zero-order valence-electron chi connectivity index (χ0n) is 11.1. The maximum atomic E-state index is 13.4. The van der Waals surface area contributed by atoms with Gasteiger partial charge in [-0.2, -0.15) is 0 Å². The van der Waals surface area contributed by atoms with E-state index in [0.717, 1.165) is 0 Å². The third-order valence-electron chi connectivity index (χ3n) is 2.81. The molecule has 0 fully saturated rings.